The largest absolute Gasteiger partial charge is 0.480 e. The highest BCUT2D eigenvalue weighted by molar-refractivity contribution is 7.12. The van der Waals surface area contributed by atoms with E-state index in [1.165, 1.54) is 4.57 Å². The first-order valence-corrected chi connectivity index (χ1v) is 6.66. The molecule has 2 aromatic heterocycles. The van der Waals surface area contributed by atoms with E-state index in [9.17, 15) is 9.59 Å². The molecule has 0 aliphatic rings. The van der Waals surface area contributed by atoms with Gasteiger partial charge in [0.05, 0.1) is 5.69 Å². The Bertz CT molecular complexity index is 621. The molecule has 2 rings (SSSR count). The molecule has 0 aliphatic carbocycles. The number of aromatic nitrogens is 1. The van der Waals surface area contributed by atoms with Crippen molar-refractivity contribution in [3.8, 4) is 11.3 Å². The highest BCUT2D eigenvalue weighted by Crippen LogP contribution is 2.30. The summed E-state index contributed by atoms with van der Waals surface area (Å²) in [6.07, 6.45) is 0. The van der Waals surface area contributed by atoms with Crippen LogP contribution in [-0.2, 0) is 11.3 Å². The lowest BCUT2D eigenvalue weighted by molar-refractivity contribution is -0.137. The lowest BCUT2D eigenvalue weighted by Gasteiger charge is -2.03. The van der Waals surface area contributed by atoms with E-state index in [-0.39, 0.29) is 11.4 Å². The number of carboxylic acid groups (broad SMARTS) is 1. The van der Waals surface area contributed by atoms with E-state index in [1.807, 2.05) is 19.9 Å². The summed E-state index contributed by atoms with van der Waals surface area (Å²) in [5.74, 6) is -1.00. The lowest BCUT2D eigenvalue weighted by Crippen LogP contribution is -2.19. The van der Waals surface area contributed by atoms with Gasteiger partial charge in [0, 0.05) is 20.7 Å². The Morgan fingerprint density at radius 2 is 2.18 bits per heavy atom. The number of rotatable bonds is 3. The Hall–Kier alpha value is -1.40. The van der Waals surface area contributed by atoms with Crippen LogP contribution in [0, 0.1) is 13.8 Å². The number of thiazole rings is 1. The van der Waals surface area contributed by atoms with Crippen LogP contribution in [0.4, 0.5) is 0 Å². The molecule has 2 heterocycles. The van der Waals surface area contributed by atoms with Crippen LogP contribution >= 0.6 is 22.7 Å². The molecule has 0 unspecified atom stereocenters. The van der Waals surface area contributed by atoms with Crippen LogP contribution in [0.5, 0.6) is 0 Å². The highest BCUT2D eigenvalue weighted by atomic mass is 32.1. The van der Waals surface area contributed by atoms with Gasteiger partial charge in [0.25, 0.3) is 0 Å². The van der Waals surface area contributed by atoms with E-state index in [0.717, 1.165) is 26.7 Å². The van der Waals surface area contributed by atoms with E-state index < -0.39 is 5.97 Å². The number of aryl methyl sites for hydroxylation is 2. The predicted octanol–water partition coefficient (Wildman–Crippen LogP) is 2.34. The summed E-state index contributed by atoms with van der Waals surface area (Å²) in [6, 6.07) is 1.99. The highest BCUT2D eigenvalue weighted by Gasteiger charge is 2.14. The molecule has 17 heavy (non-hydrogen) atoms. The molecule has 0 fully saturated rings. The molecule has 0 spiro atoms. The van der Waals surface area contributed by atoms with E-state index in [2.05, 4.69) is 0 Å². The van der Waals surface area contributed by atoms with Crippen LogP contribution in [0.15, 0.2) is 16.2 Å². The minimum Gasteiger partial charge on any atom is -0.480 e. The molecule has 0 aromatic carbocycles. The third-order valence-corrected chi connectivity index (χ3v) is 4.12. The molecular weight excluding hydrogens is 258 g/mol. The number of aliphatic carboxylic acids is 1. The van der Waals surface area contributed by atoms with E-state index in [4.69, 9.17) is 5.11 Å². The van der Waals surface area contributed by atoms with Gasteiger partial charge in [0.1, 0.15) is 6.54 Å². The lowest BCUT2D eigenvalue weighted by atomic mass is 10.2. The zero-order valence-corrected chi connectivity index (χ0v) is 11.0. The molecule has 1 N–H and O–H groups in total. The summed E-state index contributed by atoms with van der Waals surface area (Å²) in [5.41, 5.74) is 1.65. The second kappa shape index (κ2) is 4.46. The third kappa shape index (κ3) is 2.32. The average Bonchev–Trinajstić information content (AvgIpc) is 2.71. The minimum absolute atomic E-state index is 0.231. The first-order valence-electron chi connectivity index (χ1n) is 4.96. The maximum atomic E-state index is 11.6. The molecule has 6 heteroatoms. The van der Waals surface area contributed by atoms with Crippen molar-refractivity contribution in [1.82, 2.24) is 4.57 Å². The van der Waals surface area contributed by atoms with Crippen molar-refractivity contribution in [2.45, 2.75) is 20.4 Å². The maximum absolute atomic E-state index is 11.6. The topological polar surface area (TPSA) is 59.3 Å². The molecule has 0 saturated heterocycles. The molecule has 0 aliphatic heterocycles. The predicted molar refractivity (Wildman–Crippen MR) is 69.0 cm³/mol. The van der Waals surface area contributed by atoms with E-state index >= 15 is 0 Å². The Balaban J connectivity index is 2.56. The van der Waals surface area contributed by atoms with Gasteiger partial charge in [-0.25, -0.2) is 0 Å². The quantitative estimate of drug-likeness (QED) is 0.930. The fourth-order valence-electron chi connectivity index (χ4n) is 1.71. The average molecular weight is 269 g/mol. The van der Waals surface area contributed by atoms with Crippen LogP contribution in [0.2, 0.25) is 0 Å². The molecule has 0 amide bonds. The summed E-state index contributed by atoms with van der Waals surface area (Å²) in [6.45, 7) is 3.68. The summed E-state index contributed by atoms with van der Waals surface area (Å²) in [5, 5.41) is 10.5. The van der Waals surface area contributed by atoms with Gasteiger partial charge in [-0.2, -0.15) is 0 Å². The molecule has 2 aromatic rings. The number of carbonyl (C=O) groups is 1. The van der Waals surface area contributed by atoms with Gasteiger partial charge in [-0.1, -0.05) is 11.3 Å². The van der Waals surface area contributed by atoms with Crippen molar-refractivity contribution in [2.24, 2.45) is 0 Å². The normalized spacial score (nSPS) is 10.7. The smallest absolute Gasteiger partial charge is 0.323 e. The number of nitrogens with zero attached hydrogens (tertiary/aromatic N) is 1. The SMILES string of the molecule is Cc1cc(-c2csc(=O)n2CC(=O)O)c(C)s1. The molecule has 0 bridgehead atoms. The fraction of sp³-hybridized carbons (Fsp3) is 0.273. The summed E-state index contributed by atoms with van der Waals surface area (Å²) < 4.78 is 1.31. The number of hydrogen-bond acceptors (Lipinski definition) is 4. The van der Waals surface area contributed by atoms with Crippen molar-refractivity contribution in [2.75, 3.05) is 0 Å². The first kappa shape index (κ1) is 12.1. The standard InChI is InChI=1S/C11H11NO3S2/c1-6-3-8(7(2)17-6)9-5-16-11(15)12(9)4-10(13)14/h3,5H,4H2,1-2H3,(H,13,14). The first-order chi connectivity index (χ1) is 7.99. The molecule has 0 saturated carbocycles. The molecule has 90 valence electrons. The summed E-state index contributed by atoms with van der Waals surface area (Å²) in [7, 11) is 0. The van der Waals surface area contributed by atoms with Crippen LogP contribution in [0.25, 0.3) is 11.3 Å². The zero-order valence-electron chi connectivity index (χ0n) is 9.39. The van der Waals surface area contributed by atoms with Crippen molar-refractivity contribution in [1.29, 1.82) is 0 Å². The number of hydrogen-bond donors (Lipinski definition) is 1. The molecular formula is C11H11NO3S2. The van der Waals surface area contributed by atoms with Gasteiger partial charge >= 0.3 is 10.8 Å². The minimum atomic E-state index is -1.00. The van der Waals surface area contributed by atoms with Gasteiger partial charge in [-0.15, -0.1) is 11.3 Å². The van der Waals surface area contributed by atoms with Gasteiger partial charge in [-0.3, -0.25) is 14.2 Å². The Morgan fingerprint density at radius 3 is 2.71 bits per heavy atom. The van der Waals surface area contributed by atoms with Gasteiger partial charge in [-0.05, 0) is 19.9 Å². The van der Waals surface area contributed by atoms with Crippen LogP contribution in [0.1, 0.15) is 9.75 Å². The van der Waals surface area contributed by atoms with Gasteiger partial charge in [0.2, 0.25) is 0 Å². The second-order valence-corrected chi connectivity index (χ2v) is 5.97. The molecule has 4 nitrogen and oxygen atoms in total. The summed E-state index contributed by atoms with van der Waals surface area (Å²) in [4.78, 5) is 24.3. The van der Waals surface area contributed by atoms with Gasteiger partial charge in [0.15, 0.2) is 0 Å². The number of carboxylic acids is 1. The van der Waals surface area contributed by atoms with Crippen LogP contribution in [-0.4, -0.2) is 15.6 Å². The third-order valence-electron chi connectivity index (χ3n) is 2.39. The Kier molecular flexibility index (Phi) is 3.17. The number of thiophene rings is 1. The van der Waals surface area contributed by atoms with Gasteiger partial charge < -0.3 is 5.11 Å². The molecule has 0 atom stereocenters. The fourth-order valence-corrected chi connectivity index (χ4v) is 3.40. The Labute approximate surface area is 106 Å². The summed E-state index contributed by atoms with van der Waals surface area (Å²) >= 11 is 2.68. The van der Waals surface area contributed by atoms with E-state index in [0.29, 0.717) is 5.69 Å². The van der Waals surface area contributed by atoms with Crippen molar-refractivity contribution < 1.29 is 9.90 Å². The van der Waals surface area contributed by atoms with E-state index in [1.54, 1.807) is 16.7 Å². The van der Waals surface area contributed by atoms with Crippen molar-refractivity contribution >= 4 is 28.6 Å². The zero-order chi connectivity index (χ0) is 12.6. The maximum Gasteiger partial charge on any atom is 0.323 e. The Morgan fingerprint density at radius 1 is 1.47 bits per heavy atom. The van der Waals surface area contributed by atoms with Crippen molar-refractivity contribution in [3.05, 3.63) is 30.9 Å². The monoisotopic (exact) mass is 269 g/mol. The van der Waals surface area contributed by atoms with Crippen LogP contribution < -0.4 is 4.87 Å². The second-order valence-electron chi connectivity index (χ2n) is 3.69. The molecule has 0 radical (unpaired) electrons. The van der Waals surface area contributed by atoms with Crippen LogP contribution in [0.3, 0.4) is 0 Å². The van der Waals surface area contributed by atoms with Crippen molar-refractivity contribution in [3.63, 3.8) is 0 Å².